The van der Waals surface area contributed by atoms with Crippen molar-refractivity contribution in [3.63, 3.8) is 0 Å². The fourth-order valence-corrected chi connectivity index (χ4v) is 1.84. The minimum Gasteiger partial charge on any atom is -0.384 e. The number of nitrogens with one attached hydrogen (secondary N) is 1. The minimum absolute atomic E-state index is 0. The SMILES string of the molecule is CC(C)(C)CNc1cc[n+](Cc2ccccc2)cc1.Cl. The van der Waals surface area contributed by atoms with Gasteiger partial charge in [0.1, 0.15) is 0 Å². The van der Waals surface area contributed by atoms with Crippen LogP contribution >= 0.6 is 12.4 Å². The molecule has 0 saturated heterocycles. The average Bonchev–Trinajstić information content (AvgIpc) is 2.38. The Kier molecular flexibility index (Phi) is 6.03. The fraction of sp³-hybridized carbons (Fsp3) is 0.353. The van der Waals surface area contributed by atoms with E-state index in [9.17, 15) is 0 Å². The van der Waals surface area contributed by atoms with Crippen molar-refractivity contribution < 1.29 is 4.57 Å². The molecule has 0 aliphatic rings. The van der Waals surface area contributed by atoms with Crippen LogP contribution in [0.3, 0.4) is 0 Å². The number of aromatic nitrogens is 1. The van der Waals surface area contributed by atoms with Gasteiger partial charge in [-0.1, -0.05) is 51.1 Å². The normalized spacial score (nSPS) is 10.8. The van der Waals surface area contributed by atoms with E-state index in [2.05, 4.69) is 79.4 Å². The maximum atomic E-state index is 3.46. The number of hydrogen-bond donors (Lipinski definition) is 1. The van der Waals surface area contributed by atoms with Crippen LogP contribution in [0.25, 0.3) is 0 Å². The highest BCUT2D eigenvalue weighted by atomic mass is 35.5. The first-order chi connectivity index (χ1) is 9.03. The van der Waals surface area contributed by atoms with E-state index in [0.29, 0.717) is 5.41 Å². The summed E-state index contributed by atoms with van der Waals surface area (Å²) < 4.78 is 2.19. The van der Waals surface area contributed by atoms with Crippen LogP contribution < -0.4 is 9.88 Å². The molecule has 108 valence electrons. The van der Waals surface area contributed by atoms with E-state index in [1.807, 2.05) is 6.07 Å². The predicted octanol–water partition coefficient (Wildman–Crippen LogP) is 3.90. The molecule has 1 aromatic carbocycles. The van der Waals surface area contributed by atoms with Gasteiger partial charge < -0.3 is 5.32 Å². The second-order valence-electron chi connectivity index (χ2n) is 6.16. The predicted molar refractivity (Wildman–Crippen MR) is 87.4 cm³/mol. The topological polar surface area (TPSA) is 15.9 Å². The third kappa shape index (κ3) is 5.62. The van der Waals surface area contributed by atoms with E-state index in [4.69, 9.17) is 0 Å². The number of anilines is 1. The standard InChI is InChI=1S/C17H22N2.ClH/c1-17(2,3)14-18-16-9-11-19(12-10-16)13-15-7-5-4-6-8-15;/h4-12H,13-14H2,1-3H3;1H/p+1. The molecule has 0 aliphatic heterocycles. The molecule has 0 radical (unpaired) electrons. The molecule has 0 saturated carbocycles. The van der Waals surface area contributed by atoms with Crippen LogP contribution in [0.15, 0.2) is 54.9 Å². The smallest absolute Gasteiger partial charge is 0.173 e. The van der Waals surface area contributed by atoms with Gasteiger partial charge in [0, 0.05) is 29.9 Å². The molecular formula is C17H24ClN2+. The van der Waals surface area contributed by atoms with Crippen molar-refractivity contribution in [3.05, 3.63) is 60.4 Å². The van der Waals surface area contributed by atoms with Crippen LogP contribution in [-0.2, 0) is 6.54 Å². The Hall–Kier alpha value is -1.54. The molecule has 2 aromatic rings. The number of benzene rings is 1. The molecule has 0 bridgehead atoms. The third-order valence-electron chi connectivity index (χ3n) is 2.92. The van der Waals surface area contributed by atoms with Crippen LogP contribution in [0, 0.1) is 5.41 Å². The van der Waals surface area contributed by atoms with Crippen molar-refractivity contribution >= 4 is 18.1 Å². The summed E-state index contributed by atoms with van der Waals surface area (Å²) >= 11 is 0. The number of hydrogen-bond acceptors (Lipinski definition) is 1. The van der Waals surface area contributed by atoms with E-state index >= 15 is 0 Å². The van der Waals surface area contributed by atoms with Crippen LogP contribution in [0.2, 0.25) is 0 Å². The van der Waals surface area contributed by atoms with Gasteiger partial charge in [0.25, 0.3) is 0 Å². The molecule has 1 aromatic heterocycles. The molecule has 0 aliphatic carbocycles. The highest BCUT2D eigenvalue weighted by molar-refractivity contribution is 5.85. The Morgan fingerprint density at radius 1 is 0.950 bits per heavy atom. The molecule has 0 amide bonds. The summed E-state index contributed by atoms with van der Waals surface area (Å²) in [5, 5.41) is 3.46. The molecule has 2 rings (SSSR count). The first-order valence-electron chi connectivity index (χ1n) is 6.80. The lowest BCUT2D eigenvalue weighted by molar-refractivity contribution is -0.688. The van der Waals surface area contributed by atoms with E-state index < -0.39 is 0 Å². The molecule has 0 unspecified atom stereocenters. The Bertz CT molecular complexity index is 501. The largest absolute Gasteiger partial charge is 0.384 e. The van der Waals surface area contributed by atoms with Crippen LogP contribution in [-0.4, -0.2) is 6.54 Å². The second-order valence-corrected chi connectivity index (χ2v) is 6.16. The molecule has 1 N–H and O–H groups in total. The van der Waals surface area contributed by atoms with Gasteiger partial charge >= 0.3 is 0 Å². The van der Waals surface area contributed by atoms with Crippen molar-refractivity contribution in [1.82, 2.24) is 0 Å². The third-order valence-corrected chi connectivity index (χ3v) is 2.92. The summed E-state index contributed by atoms with van der Waals surface area (Å²) in [5.74, 6) is 0. The molecule has 20 heavy (non-hydrogen) atoms. The average molecular weight is 292 g/mol. The van der Waals surface area contributed by atoms with Gasteiger partial charge in [-0.05, 0) is 5.41 Å². The molecule has 0 fully saturated rings. The van der Waals surface area contributed by atoms with E-state index in [1.54, 1.807) is 0 Å². The lowest BCUT2D eigenvalue weighted by Crippen LogP contribution is -2.33. The van der Waals surface area contributed by atoms with Gasteiger partial charge in [-0.15, -0.1) is 12.4 Å². The van der Waals surface area contributed by atoms with E-state index in [1.165, 1.54) is 11.3 Å². The quantitative estimate of drug-likeness (QED) is 0.845. The molecule has 2 nitrogen and oxygen atoms in total. The summed E-state index contributed by atoms with van der Waals surface area (Å²) in [5.41, 5.74) is 2.80. The van der Waals surface area contributed by atoms with Crippen molar-refractivity contribution in [2.24, 2.45) is 5.41 Å². The summed E-state index contributed by atoms with van der Waals surface area (Å²) in [6.07, 6.45) is 4.25. The van der Waals surface area contributed by atoms with Crippen LogP contribution in [0.5, 0.6) is 0 Å². The van der Waals surface area contributed by atoms with Gasteiger partial charge in [0.2, 0.25) is 0 Å². The fourth-order valence-electron chi connectivity index (χ4n) is 1.84. The zero-order chi connectivity index (χ0) is 13.7. The molecular weight excluding hydrogens is 268 g/mol. The first-order valence-corrected chi connectivity index (χ1v) is 6.80. The van der Waals surface area contributed by atoms with Gasteiger partial charge in [0.05, 0.1) is 0 Å². The van der Waals surface area contributed by atoms with Gasteiger partial charge in [-0.2, -0.15) is 0 Å². The van der Waals surface area contributed by atoms with E-state index in [0.717, 1.165) is 13.1 Å². The first kappa shape index (κ1) is 16.5. The van der Waals surface area contributed by atoms with Crippen molar-refractivity contribution in [2.75, 3.05) is 11.9 Å². The molecule has 0 atom stereocenters. The summed E-state index contributed by atoms with van der Waals surface area (Å²) in [6, 6.07) is 14.8. The number of rotatable bonds is 4. The Morgan fingerprint density at radius 2 is 1.55 bits per heavy atom. The van der Waals surface area contributed by atoms with Crippen LogP contribution in [0.4, 0.5) is 5.69 Å². The Labute approximate surface area is 128 Å². The second kappa shape index (κ2) is 7.30. The van der Waals surface area contributed by atoms with Gasteiger partial charge in [-0.25, -0.2) is 4.57 Å². The highest BCUT2D eigenvalue weighted by Gasteiger charge is 2.09. The van der Waals surface area contributed by atoms with Crippen LogP contribution in [0.1, 0.15) is 26.3 Å². The highest BCUT2D eigenvalue weighted by Crippen LogP contribution is 2.14. The maximum Gasteiger partial charge on any atom is 0.173 e. The van der Waals surface area contributed by atoms with Gasteiger partial charge in [0.15, 0.2) is 18.9 Å². The van der Waals surface area contributed by atoms with E-state index in [-0.39, 0.29) is 12.4 Å². The number of halogens is 1. The lowest BCUT2D eigenvalue weighted by atomic mass is 9.97. The van der Waals surface area contributed by atoms with Gasteiger partial charge in [-0.3, -0.25) is 0 Å². The summed E-state index contributed by atoms with van der Waals surface area (Å²) in [7, 11) is 0. The summed E-state index contributed by atoms with van der Waals surface area (Å²) in [6.45, 7) is 8.60. The Morgan fingerprint density at radius 3 is 2.10 bits per heavy atom. The monoisotopic (exact) mass is 291 g/mol. The molecule has 0 spiro atoms. The van der Waals surface area contributed by atoms with Crippen molar-refractivity contribution in [2.45, 2.75) is 27.3 Å². The molecule has 3 heteroatoms. The molecule has 1 heterocycles. The zero-order valence-electron chi connectivity index (χ0n) is 12.5. The zero-order valence-corrected chi connectivity index (χ0v) is 13.3. The minimum atomic E-state index is 0. The van der Waals surface area contributed by atoms with Crippen molar-refractivity contribution in [3.8, 4) is 0 Å². The Balaban J connectivity index is 0.00000200. The lowest BCUT2D eigenvalue weighted by Gasteiger charge is -2.19. The number of nitrogens with zero attached hydrogens (tertiary/aromatic N) is 1. The maximum absolute atomic E-state index is 3.46. The van der Waals surface area contributed by atoms with Crippen molar-refractivity contribution in [1.29, 1.82) is 0 Å². The number of pyridine rings is 1. The summed E-state index contributed by atoms with van der Waals surface area (Å²) in [4.78, 5) is 0.